The molecule has 0 fully saturated rings. The van der Waals surface area contributed by atoms with Crippen LogP contribution in [0.5, 0.6) is 0 Å². The Labute approximate surface area is 107 Å². The van der Waals surface area contributed by atoms with Gasteiger partial charge in [0.25, 0.3) is 0 Å². The predicted molar refractivity (Wildman–Crippen MR) is 71.3 cm³/mol. The van der Waals surface area contributed by atoms with E-state index in [4.69, 9.17) is 0 Å². The predicted octanol–water partition coefficient (Wildman–Crippen LogP) is 3.26. The summed E-state index contributed by atoms with van der Waals surface area (Å²) in [6.07, 6.45) is 3.12. The van der Waals surface area contributed by atoms with E-state index >= 15 is 0 Å². The van der Waals surface area contributed by atoms with Gasteiger partial charge in [-0.3, -0.25) is 10.1 Å². The van der Waals surface area contributed by atoms with Gasteiger partial charge in [-0.05, 0) is 24.3 Å². The van der Waals surface area contributed by atoms with Gasteiger partial charge in [0.05, 0.1) is 0 Å². The number of hydrogen-bond acceptors (Lipinski definition) is 3. The summed E-state index contributed by atoms with van der Waals surface area (Å²) in [7, 11) is 0. The Balaban J connectivity index is 2.70. The van der Waals surface area contributed by atoms with Gasteiger partial charge in [0.1, 0.15) is 5.54 Å². The molecule has 0 saturated heterocycles. The van der Waals surface area contributed by atoms with Gasteiger partial charge in [0.2, 0.25) is 0 Å². The van der Waals surface area contributed by atoms with Crippen molar-refractivity contribution in [2.45, 2.75) is 51.6 Å². The molecule has 0 radical (unpaired) electrons. The highest BCUT2D eigenvalue weighted by Crippen LogP contribution is 2.21. The van der Waals surface area contributed by atoms with Gasteiger partial charge in [0.15, 0.2) is 0 Å². The van der Waals surface area contributed by atoms with Crippen molar-refractivity contribution >= 4 is 17.3 Å². The van der Waals surface area contributed by atoms with E-state index in [1.165, 1.54) is 4.88 Å². The molecule has 0 aliphatic rings. The van der Waals surface area contributed by atoms with Gasteiger partial charge < -0.3 is 5.11 Å². The lowest BCUT2D eigenvalue weighted by atomic mass is 9.88. The van der Waals surface area contributed by atoms with E-state index in [0.717, 1.165) is 12.8 Å². The second-order valence-electron chi connectivity index (χ2n) is 4.32. The summed E-state index contributed by atoms with van der Waals surface area (Å²) in [6.45, 7) is 4.70. The highest BCUT2D eigenvalue weighted by atomic mass is 32.1. The molecule has 2 N–H and O–H groups in total. The van der Waals surface area contributed by atoms with Crippen LogP contribution in [0, 0.1) is 0 Å². The monoisotopic (exact) mass is 255 g/mol. The van der Waals surface area contributed by atoms with E-state index < -0.39 is 11.5 Å². The van der Waals surface area contributed by atoms with Crippen molar-refractivity contribution in [2.24, 2.45) is 0 Å². The molecule has 0 unspecified atom stereocenters. The van der Waals surface area contributed by atoms with Crippen LogP contribution in [-0.2, 0) is 11.3 Å². The van der Waals surface area contributed by atoms with Crippen LogP contribution in [0.1, 0.15) is 44.4 Å². The van der Waals surface area contributed by atoms with Crippen molar-refractivity contribution in [3.05, 3.63) is 22.4 Å². The zero-order valence-corrected chi connectivity index (χ0v) is 11.3. The van der Waals surface area contributed by atoms with Crippen molar-refractivity contribution < 1.29 is 9.90 Å². The smallest absolute Gasteiger partial charge is 0.323 e. The Bertz CT molecular complexity index is 329. The average molecular weight is 255 g/mol. The van der Waals surface area contributed by atoms with Gasteiger partial charge in [0, 0.05) is 11.4 Å². The normalized spacial score (nSPS) is 11.6. The standard InChI is InChI=1S/C13H21NO2S/c1-3-7-13(8-4-2,12(15)16)14-10-11-6-5-9-17-11/h5-6,9,14H,3-4,7-8,10H2,1-2H3,(H,15,16). The number of rotatable bonds is 8. The van der Waals surface area contributed by atoms with Crippen molar-refractivity contribution in [1.29, 1.82) is 0 Å². The molecule has 1 rings (SSSR count). The molecule has 1 heterocycles. The topological polar surface area (TPSA) is 49.3 Å². The average Bonchev–Trinajstić information content (AvgIpc) is 2.79. The minimum Gasteiger partial charge on any atom is -0.480 e. The van der Waals surface area contributed by atoms with Crippen molar-refractivity contribution in [1.82, 2.24) is 5.32 Å². The number of aliphatic carboxylic acids is 1. The van der Waals surface area contributed by atoms with Crippen LogP contribution in [-0.4, -0.2) is 16.6 Å². The van der Waals surface area contributed by atoms with Crippen LogP contribution in [0.3, 0.4) is 0 Å². The van der Waals surface area contributed by atoms with Crippen LogP contribution >= 0.6 is 11.3 Å². The van der Waals surface area contributed by atoms with Crippen LogP contribution in [0.25, 0.3) is 0 Å². The Morgan fingerprint density at radius 3 is 2.47 bits per heavy atom. The fraction of sp³-hybridized carbons (Fsp3) is 0.615. The number of hydrogen-bond donors (Lipinski definition) is 2. The number of carboxylic acids is 1. The molecular formula is C13H21NO2S. The third-order valence-electron chi connectivity index (χ3n) is 2.94. The fourth-order valence-electron chi connectivity index (χ4n) is 2.11. The first-order chi connectivity index (χ1) is 8.14. The largest absolute Gasteiger partial charge is 0.480 e. The summed E-state index contributed by atoms with van der Waals surface area (Å²) in [5, 5.41) is 14.7. The molecule has 4 heteroatoms. The Morgan fingerprint density at radius 1 is 1.41 bits per heavy atom. The molecule has 96 valence electrons. The number of thiophene rings is 1. The van der Waals surface area contributed by atoms with Gasteiger partial charge in [-0.15, -0.1) is 11.3 Å². The number of carbonyl (C=O) groups is 1. The third-order valence-corrected chi connectivity index (χ3v) is 3.82. The molecule has 0 bridgehead atoms. The summed E-state index contributed by atoms with van der Waals surface area (Å²) in [6, 6.07) is 4.02. The molecule has 0 aromatic carbocycles. The third kappa shape index (κ3) is 3.82. The molecule has 0 amide bonds. The van der Waals surface area contributed by atoms with Crippen LogP contribution in [0.4, 0.5) is 0 Å². The van der Waals surface area contributed by atoms with Gasteiger partial charge >= 0.3 is 5.97 Å². The van der Waals surface area contributed by atoms with Crippen LogP contribution < -0.4 is 5.32 Å². The SMILES string of the molecule is CCCC(CCC)(NCc1cccs1)C(=O)O. The first-order valence-electron chi connectivity index (χ1n) is 6.15. The summed E-state index contributed by atoms with van der Waals surface area (Å²) in [5.41, 5.74) is -0.756. The molecule has 0 saturated carbocycles. The maximum atomic E-state index is 11.5. The number of carboxylic acid groups (broad SMARTS) is 1. The first-order valence-corrected chi connectivity index (χ1v) is 7.03. The fourth-order valence-corrected chi connectivity index (χ4v) is 2.76. The van der Waals surface area contributed by atoms with Crippen molar-refractivity contribution in [3.8, 4) is 0 Å². The van der Waals surface area contributed by atoms with Gasteiger partial charge in [-0.25, -0.2) is 0 Å². The zero-order valence-electron chi connectivity index (χ0n) is 10.5. The molecule has 17 heavy (non-hydrogen) atoms. The minimum atomic E-state index is -0.756. The molecule has 0 spiro atoms. The highest BCUT2D eigenvalue weighted by Gasteiger charge is 2.35. The first kappa shape index (κ1) is 14.2. The van der Waals surface area contributed by atoms with E-state index in [-0.39, 0.29) is 0 Å². The van der Waals surface area contributed by atoms with E-state index in [1.54, 1.807) is 11.3 Å². The molecule has 3 nitrogen and oxygen atoms in total. The quantitative estimate of drug-likeness (QED) is 0.749. The van der Waals surface area contributed by atoms with E-state index in [1.807, 2.05) is 31.4 Å². The lowest BCUT2D eigenvalue weighted by Gasteiger charge is -2.30. The minimum absolute atomic E-state index is 0.643. The molecular weight excluding hydrogens is 234 g/mol. The van der Waals surface area contributed by atoms with Crippen LogP contribution in [0.15, 0.2) is 17.5 Å². The molecule has 0 aliphatic heterocycles. The zero-order chi connectivity index (χ0) is 12.7. The Kier molecular flexibility index (Phi) is 5.65. The summed E-state index contributed by atoms with van der Waals surface area (Å²) >= 11 is 1.66. The van der Waals surface area contributed by atoms with E-state index in [9.17, 15) is 9.90 Å². The molecule has 1 aromatic heterocycles. The Hall–Kier alpha value is -0.870. The maximum Gasteiger partial charge on any atom is 0.323 e. The Morgan fingerprint density at radius 2 is 2.06 bits per heavy atom. The van der Waals surface area contributed by atoms with E-state index in [2.05, 4.69) is 5.32 Å². The molecule has 0 aliphatic carbocycles. The molecule has 0 atom stereocenters. The lowest BCUT2D eigenvalue weighted by molar-refractivity contribution is -0.145. The van der Waals surface area contributed by atoms with Crippen molar-refractivity contribution in [3.63, 3.8) is 0 Å². The second-order valence-corrected chi connectivity index (χ2v) is 5.35. The molecule has 1 aromatic rings. The van der Waals surface area contributed by atoms with E-state index in [0.29, 0.717) is 19.4 Å². The van der Waals surface area contributed by atoms with Crippen LogP contribution in [0.2, 0.25) is 0 Å². The second kappa shape index (κ2) is 6.77. The summed E-state index contributed by atoms with van der Waals surface area (Å²) in [5.74, 6) is -0.724. The highest BCUT2D eigenvalue weighted by molar-refractivity contribution is 7.09. The number of nitrogens with one attached hydrogen (secondary N) is 1. The lowest BCUT2D eigenvalue weighted by Crippen LogP contribution is -2.51. The van der Waals surface area contributed by atoms with Gasteiger partial charge in [-0.1, -0.05) is 32.8 Å². The van der Waals surface area contributed by atoms with Crippen molar-refractivity contribution in [2.75, 3.05) is 0 Å². The summed E-state index contributed by atoms with van der Waals surface area (Å²) < 4.78 is 0. The summed E-state index contributed by atoms with van der Waals surface area (Å²) in [4.78, 5) is 12.7. The van der Waals surface area contributed by atoms with Gasteiger partial charge in [-0.2, -0.15) is 0 Å². The maximum absolute atomic E-state index is 11.5.